The fourth-order valence-corrected chi connectivity index (χ4v) is 4.91. The molecule has 1 amide bonds. The van der Waals surface area contributed by atoms with E-state index in [1.807, 2.05) is 17.1 Å². The number of ether oxygens (including phenoxy) is 2. The minimum absolute atomic E-state index is 0.103. The molecule has 1 aliphatic carbocycles. The first-order valence-electron chi connectivity index (χ1n) is 9.50. The highest BCUT2D eigenvalue weighted by Crippen LogP contribution is 2.53. The van der Waals surface area contributed by atoms with Crippen molar-refractivity contribution >= 4 is 11.9 Å². The summed E-state index contributed by atoms with van der Waals surface area (Å²) in [6.07, 6.45) is 11.3. The van der Waals surface area contributed by atoms with Gasteiger partial charge in [0, 0.05) is 6.04 Å². The van der Waals surface area contributed by atoms with Gasteiger partial charge in [0.1, 0.15) is 11.5 Å². The van der Waals surface area contributed by atoms with Crippen LogP contribution in [-0.2, 0) is 19.1 Å². The minimum atomic E-state index is -0.590. The molecule has 2 saturated heterocycles. The molecule has 0 N–H and O–H groups in total. The molecule has 0 unspecified atom stereocenters. The van der Waals surface area contributed by atoms with E-state index in [1.165, 1.54) is 19.3 Å². The van der Waals surface area contributed by atoms with Crippen LogP contribution in [0.15, 0.2) is 12.2 Å². The van der Waals surface area contributed by atoms with Crippen LogP contribution in [-0.4, -0.2) is 47.7 Å². The third-order valence-electron chi connectivity index (χ3n) is 6.16. The molecular formula is C19H27NO4. The van der Waals surface area contributed by atoms with E-state index in [1.54, 1.807) is 0 Å². The second-order valence-corrected chi connectivity index (χ2v) is 7.68. The van der Waals surface area contributed by atoms with Crippen LogP contribution in [0.2, 0.25) is 0 Å². The largest absolute Gasteiger partial charge is 0.465 e. The lowest BCUT2D eigenvalue weighted by Crippen LogP contribution is -2.42. The first-order chi connectivity index (χ1) is 11.7. The molecule has 0 aromatic carbocycles. The molecule has 4 aliphatic rings. The summed E-state index contributed by atoms with van der Waals surface area (Å²) in [7, 11) is 0. The standard InChI is InChI=1S/C19H27NO4/c1-2-3-11-23-18(22)15-14-9-10-19(24-14)12-20(17(21)16(15)19)13-7-5-4-6-8-13/h9-10,13-16H,2-8,11-12H2,1H3/t14-,15-,16-,19+/m0/s1. The van der Waals surface area contributed by atoms with Gasteiger partial charge in [-0.25, -0.2) is 0 Å². The topological polar surface area (TPSA) is 55.8 Å². The summed E-state index contributed by atoms with van der Waals surface area (Å²) in [4.78, 5) is 27.7. The van der Waals surface area contributed by atoms with Crippen LogP contribution in [0.5, 0.6) is 0 Å². The van der Waals surface area contributed by atoms with Crippen molar-refractivity contribution in [1.82, 2.24) is 4.90 Å². The predicted octanol–water partition coefficient (Wildman–Crippen LogP) is 2.44. The molecule has 1 saturated carbocycles. The van der Waals surface area contributed by atoms with Gasteiger partial charge < -0.3 is 14.4 Å². The van der Waals surface area contributed by atoms with E-state index in [0.29, 0.717) is 19.2 Å². The van der Waals surface area contributed by atoms with Crippen LogP contribution in [0.4, 0.5) is 0 Å². The summed E-state index contributed by atoms with van der Waals surface area (Å²) in [6.45, 7) is 3.10. The van der Waals surface area contributed by atoms with Gasteiger partial charge in [-0.15, -0.1) is 0 Å². The van der Waals surface area contributed by atoms with Crippen molar-refractivity contribution in [2.24, 2.45) is 11.8 Å². The number of amides is 1. The first-order valence-corrected chi connectivity index (χ1v) is 9.50. The number of hydrogen-bond donors (Lipinski definition) is 0. The van der Waals surface area contributed by atoms with E-state index < -0.39 is 11.5 Å². The number of unbranched alkanes of at least 4 members (excludes halogenated alkanes) is 1. The molecule has 4 atom stereocenters. The third kappa shape index (κ3) is 2.40. The summed E-state index contributed by atoms with van der Waals surface area (Å²) >= 11 is 0. The Morgan fingerprint density at radius 1 is 1.38 bits per heavy atom. The predicted molar refractivity (Wildman–Crippen MR) is 88.2 cm³/mol. The summed E-state index contributed by atoms with van der Waals surface area (Å²) in [5.74, 6) is -1.01. The Morgan fingerprint density at radius 3 is 2.92 bits per heavy atom. The van der Waals surface area contributed by atoms with Crippen molar-refractivity contribution in [3.05, 3.63) is 12.2 Å². The highest BCUT2D eigenvalue weighted by molar-refractivity contribution is 5.91. The molecule has 5 nitrogen and oxygen atoms in total. The van der Waals surface area contributed by atoms with Gasteiger partial charge in [0.25, 0.3) is 0 Å². The van der Waals surface area contributed by atoms with Gasteiger partial charge in [0.15, 0.2) is 0 Å². The Kier molecular flexibility index (Phi) is 4.15. The number of hydrogen-bond acceptors (Lipinski definition) is 4. The lowest BCUT2D eigenvalue weighted by atomic mass is 9.77. The number of likely N-dealkylation sites (tertiary alicyclic amines) is 1. The molecule has 1 spiro atoms. The zero-order valence-corrected chi connectivity index (χ0v) is 14.4. The molecule has 0 radical (unpaired) electrons. The van der Waals surface area contributed by atoms with E-state index in [9.17, 15) is 9.59 Å². The normalized spacial score (nSPS) is 38.0. The summed E-state index contributed by atoms with van der Waals surface area (Å²) in [6, 6.07) is 0.319. The van der Waals surface area contributed by atoms with Crippen molar-refractivity contribution in [2.45, 2.75) is 69.6 Å². The van der Waals surface area contributed by atoms with Crippen molar-refractivity contribution in [3.63, 3.8) is 0 Å². The van der Waals surface area contributed by atoms with Crippen LogP contribution < -0.4 is 0 Å². The fourth-order valence-electron chi connectivity index (χ4n) is 4.91. The van der Waals surface area contributed by atoms with Gasteiger partial charge in [-0.1, -0.05) is 44.8 Å². The monoisotopic (exact) mass is 333 g/mol. The van der Waals surface area contributed by atoms with Crippen molar-refractivity contribution < 1.29 is 19.1 Å². The van der Waals surface area contributed by atoms with E-state index in [0.717, 1.165) is 25.7 Å². The van der Waals surface area contributed by atoms with Crippen molar-refractivity contribution in [1.29, 1.82) is 0 Å². The van der Waals surface area contributed by atoms with Crippen LogP contribution in [0.25, 0.3) is 0 Å². The summed E-state index contributed by atoms with van der Waals surface area (Å²) in [5, 5.41) is 0. The van der Waals surface area contributed by atoms with Gasteiger partial charge in [-0.05, 0) is 19.3 Å². The Hall–Kier alpha value is -1.36. The number of fused-ring (bicyclic) bond motifs is 1. The molecule has 3 aliphatic heterocycles. The Balaban J connectivity index is 1.52. The van der Waals surface area contributed by atoms with Gasteiger partial charge in [-0.3, -0.25) is 9.59 Å². The Morgan fingerprint density at radius 2 is 2.17 bits per heavy atom. The van der Waals surface area contributed by atoms with E-state index in [4.69, 9.17) is 9.47 Å². The van der Waals surface area contributed by atoms with E-state index in [-0.39, 0.29) is 23.9 Å². The number of carbonyl (C=O) groups excluding carboxylic acids is 2. The lowest BCUT2D eigenvalue weighted by Gasteiger charge is -2.32. The molecular weight excluding hydrogens is 306 g/mol. The second kappa shape index (κ2) is 6.17. The molecule has 4 rings (SSSR count). The maximum Gasteiger partial charge on any atom is 0.312 e. The minimum Gasteiger partial charge on any atom is -0.465 e. The SMILES string of the molecule is CCCCOC(=O)[C@H]1[C@@H]2C=C[C@]3(CN(C4CCCCC4)C(=O)[C@H]13)O2. The zero-order valence-electron chi connectivity index (χ0n) is 14.4. The summed E-state index contributed by atoms with van der Waals surface area (Å²) < 4.78 is 11.6. The van der Waals surface area contributed by atoms with Gasteiger partial charge >= 0.3 is 5.97 Å². The molecule has 3 heterocycles. The highest BCUT2D eigenvalue weighted by atomic mass is 16.6. The van der Waals surface area contributed by atoms with Crippen molar-refractivity contribution in [2.75, 3.05) is 13.2 Å². The number of esters is 1. The third-order valence-corrected chi connectivity index (χ3v) is 6.16. The summed E-state index contributed by atoms with van der Waals surface area (Å²) in [5.41, 5.74) is -0.590. The average molecular weight is 333 g/mol. The first kappa shape index (κ1) is 16.1. The molecule has 5 heteroatoms. The molecule has 2 bridgehead atoms. The zero-order chi connectivity index (χ0) is 16.7. The number of rotatable bonds is 5. The number of carbonyl (C=O) groups is 2. The Labute approximate surface area is 143 Å². The van der Waals surface area contributed by atoms with Crippen LogP contribution >= 0.6 is 0 Å². The van der Waals surface area contributed by atoms with Crippen LogP contribution in [0, 0.1) is 11.8 Å². The molecule has 3 fully saturated rings. The van der Waals surface area contributed by atoms with Crippen LogP contribution in [0.1, 0.15) is 51.9 Å². The lowest BCUT2D eigenvalue weighted by molar-refractivity contribution is -0.154. The maximum atomic E-state index is 13.1. The second-order valence-electron chi connectivity index (χ2n) is 7.68. The highest BCUT2D eigenvalue weighted by Gasteiger charge is 2.67. The van der Waals surface area contributed by atoms with Gasteiger partial charge in [0.05, 0.1) is 25.2 Å². The average Bonchev–Trinajstić information content (AvgIpc) is 3.24. The van der Waals surface area contributed by atoms with Gasteiger partial charge in [0.2, 0.25) is 5.91 Å². The maximum absolute atomic E-state index is 13.1. The van der Waals surface area contributed by atoms with Crippen molar-refractivity contribution in [3.8, 4) is 0 Å². The molecule has 0 aromatic rings. The van der Waals surface area contributed by atoms with Crippen LogP contribution in [0.3, 0.4) is 0 Å². The van der Waals surface area contributed by atoms with E-state index >= 15 is 0 Å². The van der Waals surface area contributed by atoms with Gasteiger partial charge in [-0.2, -0.15) is 0 Å². The molecule has 132 valence electrons. The quantitative estimate of drug-likeness (QED) is 0.440. The smallest absolute Gasteiger partial charge is 0.312 e. The fraction of sp³-hybridized carbons (Fsp3) is 0.789. The number of nitrogens with zero attached hydrogens (tertiary/aromatic N) is 1. The molecule has 24 heavy (non-hydrogen) atoms. The Bertz CT molecular complexity index is 554. The molecule has 0 aromatic heterocycles. The van der Waals surface area contributed by atoms with E-state index in [2.05, 4.69) is 6.92 Å².